The molecule has 1 N–H and O–H groups in total. The molecule has 184 valence electrons. The molecule has 2 saturated heterocycles. The summed E-state index contributed by atoms with van der Waals surface area (Å²) in [5, 5.41) is 11.2. The van der Waals surface area contributed by atoms with Crippen LogP contribution in [0.3, 0.4) is 0 Å². The first-order valence-electron chi connectivity index (χ1n) is 12.4. The second-order valence-corrected chi connectivity index (χ2v) is 8.95. The number of carbonyl (C=O) groups excluding carboxylic acids is 2. The van der Waals surface area contributed by atoms with Gasteiger partial charge in [0.25, 0.3) is 11.7 Å². The van der Waals surface area contributed by atoms with Gasteiger partial charge in [0.2, 0.25) is 0 Å². The first kappa shape index (κ1) is 23.6. The van der Waals surface area contributed by atoms with Gasteiger partial charge in [-0.3, -0.25) is 19.5 Å². The van der Waals surface area contributed by atoms with Gasteiger partial charge in [-0.2, -0.15) is 0 Å². The molecule has 0 bridgehead atoms. The third-order valence-electron chi connectivity index (χ3n) is 6.70. The summed E-state index contributed by atoms with van der Waals surface area (Å²) >= 11 is 0. The van der Waals surface area contributed by atoms with Crippen molar-refractivity contribution < 1.29 is 19.4 Å². The molecule has 0 spiro atoms. The highest BCUT2D eigenvalue weighted by atomic mass is 16.5. The van der Waals surface area contributed by atoms with Gasteiger partial charge in [0.1, 0.15) is 17.6 Å². The maximum absolute atomic E-state index is 13.3. The Bertz CT molecular complexity index is 1260. The maximum atomic E-state index is 13.3. The molecule has 0 saturated carbocycles. The highest BCUT2D eigenvalue weighted by molar-refractivity contribution is 6.51. The minimum atomic E-state index is -0.849. The molecule has 0 aliphatic carbocycles. The number of amides is 1. The van der Waals surface area contributed by atoms with Crippen LogP contribution >= 0.6 is 0 Å². The van der Waals surface area contributed by atoms with Crippen LogP contribution in [0.25, 0.3) is 5.76 Å². The van der Waals surface area contributed by atoms with E-state index in [0.717, 1.165) is 18.8 Å². The summed E-state index contributed by atoms with van der Waals surface area (Å²) in [7, 11) is 0. The average molecular weight is 484 g/mol. The summed E-state index contributed by atoms with van der Waals surface area (Å²) in [6.07, 6.45) is 5.20. The summed E-state index contributed by atoms with van der Waals surface area (Å²) < 4.78 is 5.48. The van der Waals surface area contributed by atoms with Gasteiger partial charge in [-0.15, -0.1) is 0 Å². The minimum absolute atomic E-state index is 0.0166. The molecule has 36 heavy (non-hydrogen) atoms. The molecule has 1 unspecified atom stereocenters. The lowest BCUT2D eigenvalue weighted by Crippen LogP contribution is -2.31. The topological polar surface area (TPSA) is 83.0 Å². The fourth-order valence-electron chi connectivity index (χ4n) is 4.92. The van der Waals surface area contributed by atoms with Crippen LogP contribution in [-0.4, -0.2) is 41.5 Å². The van der Waals surface area contributed by atoms with Gasteiger partial charge < -0.3 is 14.7 Å². The quantitative estimate of drug-likeness (QED) is 0.299. The van der Waals surface area contributed by atoms with Crippen molar-refractivity contribution in [3.63, 3.8) is 0 Å². The standard InChI is InChI=1S/C29H29N3O4/c1-2-36-23-15-9-20(10-16-23)27(33)25-26(24-8-4-5-17-30-24)32(29(35)28(25)34)22-13-11-21(12-14-22)31-18-6-3-7-19-31/h4-5,8-17,26,33H,2-3,6-7,18-19H2,1H3/b27-25+. The van der Waals surface area contributed by atoms with Crippen molar-refractivity contribution in [1.29, 1.82) is 0 Å². The molecule has 2 aliphatic heterocycles. The normalized spacial score (nSPS) is 19.5. The summed E-state index contributed by atoms with van der Waals surface area (Å²) in [5.74, 6) is -1.01. The van der Waals surface area contributed by atoms with Crippen molar-refractivity contribution in [2.75, 3.05) is 29.5 Å². The fourth-order valence-corrected chi connectivity index (χ4v) is 4.92. The molecule has 3 heterocycles. The van der Waals surface area contributed by atoms with E-state index in [0.29, 0.717) is 29.3 Å². The van der Waals surface area contributed by atoms with E-state index in [9.17, 15) is 14.7 Å². The van der Waals surface area contributed by atoms with Gasteiger partial charge in [-0.25, -0.2) is 0 Å². The van der Waals surface area contributed by atoms with E-state index >= 15 is 0 Å². The average Bonchev–Trinajstić information content (AvgIpc) is 3.20. The van der Waals surface area contributed by atoms with Gasteiger partial charge in [-0.1, -0.05) is 6.07 Å². The number of anilines is 2. The van der Waals surface area contributed by atoms with Gasteiger partial charge >= 0.3 is 0 Å². The Hall–Kier alpha value is -4.13. The molecule has 2 aliphatic rings. The number of Topliss-reactive ketones (excluding diaryl/α,β-unsaturated/α-hetero) is 1. The van der Waals surface area contributed by atoms with E-state index < -0.39 is 17.7 Å². The SMILES string of the molecule is CCOc1ccc(/C(O)=C2\C(=O)C(=O)N(c3ccc(N4CCCCC4)cc3)C2c2ccccn2)cc1. The van der Waals surface area contributed by atoms with Crippen LogP contribution in [0.1, 0.15) is 43.5 Å². The number of piperidine rings is 1. The van der Waals surface area contributed by atoms with Crippen molar-refractivity contribution in [2.45, 2.75) is 32.2 Å². The van der Waals surface area contributed by atoms with Crippen LogP contribution in [-0.2, 0) is 9.59 Å². The molecule has 2 aromatic carbocycles. The number of carbonyl (C=O) groups is 2. The Balaban J connectivity index is 1.56. The number of rotatable bonds is 6. The molecular weight excluding hydrogens is 454 g/mol. The summed E-state index contributed by atoms with van der Waals surface area (Å²) in [5.41, 5.74) is 2.63. The van der Waals surface area contributed by atoms with E-state index in [1.54, 1.807) is 48.7 Å². The van der Waals surface area contributed by atoms with E-state index in [2.05, 4.69) is 9.88 Å². The van der Waals surface area contributed by atoms with Gasteiger partial charge in [0.05, 0.1) is 17.9 Å². The lowest BCUT2D eigenvalue weighted by Gasteiger charge is -2.30. The molecule has 2 fully saturated rings. The molecule has 1 atom stereocenters. The second kappa shape index (κ2) is 10.2. The molecule has 0 radical (unpaired) electrons. The van der Waals surface area contributed by atoms with Crippen molar-refractivity contribution in [3.8, 4) is 5.75 Å². The Kier molecular flexibility index (Phi) is 6.71. The molecule has 5 rings (SSSR count). The van der Waals surface area contributed by atoms with Crippen molar-refractivity contribution in [1.82, 2.24) is 4.98 Å². The molecule has 3 aromatic rings. The second-order valence-electron chi connectivity index (χ2n) is 8.95. The Morgan fingerprint density at radius 3 is 2.28 bits per heavy atom. The molecule has 1 aromatic heterocycles. The number of hydrogen-bond acceptors (Lipinski definition) is 6. The molecule has 7 heteroatoms. The van der Waals surface area contributed by atoms with Crippen LogP contribution in [0.4, 0.5) is 11.4 Å². The number of ether oxygens (including phenoxy) is 1. The van der Waals surface area contributed by atoms with Crippen LogP contribution in [0.5, 0.6) is 5.75 Å². The number of pyridine rings is 1. The Labute approximate surface area is 210 Å². The van der Waals surface area contributed by atoms with Crippen molar-refractivity contribution >= 4 is 28.8 Å². The zero-order valence-corrected chi connectivity index (χ0v) is 20.3. The van der Waals surface area contributed by atoms with E-state index in [1.807, 2.05) is 31.2 Å². The van der Waals surface area contributed by atoms with Crippen LogP contribution in [0, 0.1) is 0 Å². The number of aromatic nitrogens is 1. The van der Waals surface area contributed by atoms with Gasteiger partial charge in [0, 0.05) is 36.2 Å². The predicted octanol–water partition coefficient (Wildman–Crippen LogP) is 5.10. The van der Waals surface area contributed by atoms with Crippen LogP contribution in [0.2, 0.25) is 0 Å². The predicted molar refractivity (Wildman–Crippen MR) is 139 cm³/mol. The number of nitrogens with zero attached hydrogens (tertiary/aromatic N) is 3. The Morgan fingerprint density at radius 2 is 1.64 bits per heavy atom. The largest absolute Gasteiger partial charge is 0.507 e. The summed E-state index contributed by atoms with van der Waals surface area (Å²) in [6.45, 7) is 4.44. The van der Waals surface area contributed by atoms with Crippen LogP contribution in [0.15, 0.2) is 78.5 Å². The number of ketones is 1. The van der Waals surface area contributed by atoms with Gasteiger partial charge in [-0.05, 0) is 86.8 Å². The van der Waals surface area contributed by atoms with Crippen molar-refractivity contribution in [2.24, 2.45) is 0 Å². The molecule has 1 amide bonds. The number of benzene rings is 2. The number of hydrogen-bond donors (Lipinski definition) is 1. The fraction of sp³-hybridized carbons (Fsp3) is 0.276. The number of aliphatic hydroxyl groups excluding tert-OH is 1. The lowest BCUT2D eigenvalue weighted by atomic mass is 9.98. The lowest BCUT2D eigenvalue weighted by molar-refractivity contribution is -0.132. The summed E-state index contributed by atoms with van der Waals surface area (Å²) in [4.78, 5) is 34.8. The first-order chi connectivity index (χ1) is 17.6. The smallest absolute Gasteiger partial charge is 0.300 e. The van der Waals surface area contributed by atoms with Crippen molar-refractivity contribution in [3.05, 3.63) is 89.8 Å². The summed E-state index contributed by atoms with van der Waals surface area (Å²) in [6, 6.07) is 19.0. The third-order valence-corrected chi connectivity index (χ3v) is 6.70. The van der Waals surface area contributed by atoms with Crippen LogP contribution < -0.4 is 14.5 Å². The molecular formula is C29H29N3O4. The third kappa shape index (κ3) is 4.44. The zero-order valence-electron chi connectivity index (χ0n) is 20.3. The monoisotopic (exact) mass is 483 g/mol. The highest BCUT2D eigenvalue weighted by Gasteiger charge is 2.47. The minimum Gasteiger partial charge on any atom is -0.507 e. The first-order valence-corrected chi connectivity index (χ1v) is 12.4. The van der Waals surface area contributed by atoms with E-state index in [1.165, 1.54) is 24.2 Å². The van der Waals surface area contributed by atoms with E-state index in [-0.39, 0.29) is 11.3 Å². The number of aliphatic hydroxyl groups is 1. The molecule has 7 nitrogen and oxygen atoms in total. The maximum Gasteiger partial charge on any atom is 0.300 e. The van der Waals surface area contributed by atoms with Gasteiger partial charge in [0.15, 0.2) is 0 Å². The zero-order chi connectivity index (χ0) is 25.1. The highest BCUT2D eigenvalue weighted by Crippen LogP contribution is 2.42. The van der Waals surface area contributed by atoms with E-state index in [4.69, 9.17) is 4.74 Å². The Morgan fingerprint density at radius 1 is 0.944 bits per heavy atom.